The molecule has 6 nitrogen and oxygen atoms in total. The maximum absolute atomic E-state index is 13.3. The van der Waals surface area contributed by atoms with E-state index in [1.54, 1.807) is 0 Å². The van der Waals surface area contributed by atoms with Crippen LogP contribution in [0.2, 0.25) is 0 Å². The molecule has 3 aliphatic rings. The van der Waals surface area contributed by atoms with Gasteiger partial charge in [0.25, 0.3) is 0 Å². The van der Waals surface area contributed by atoms with Gasteiger partial charge in [0, 0.05) is 0 Å². The van der Waals surface area contributed by atoms with E-state index in [1.807, 2.05) is 0 Å². The molecule has 2 saturated heterocycles. The van der Waals surface area contributed by atoms with Gasteiger partial charge in [0.1, 0.15) is 0 Å². The molecule has 12 heteroatoms. The Bertz CT molecular complexity index is 555. The van der Waals surface area contributed by atoms with Crippen LogP contribution in [0.4, 0.5) is 26.3 Å². The van der Waals surface area contributed by atoms with E-state index in [9.17, 15) is 45.5 Å². The number of carbonyl (C=O) groups is 4. The van der Waals surface area contributed by atoms with E-state index in [-0.39, 0.29) is 0 Å². The number of carbonyl (C=O) groups excluding carboxylic acids is 4. The molecule has 4 unspecified atom stereocenters. The lowest BCUT2D eigenvalue weighted by Crippen LogP contribution is -2.57. The number of esters is 4. The van der Waals surface area contributed by atoms with Crippen LogP contribution in [0.3, 0.4) is 0 Å². The van der Waals surface area contributed by atoms with Crippen LogP contribution in [0.1, 0.15) is 0 Å². The number of cyclic esters (lactones) is 4. The average Bonchev–Trinajstić information content (AvgIpc) is 2.84. The molecule has 0 aromatic carbocycles. The predicted octanol–water partition coefficient (Wildman–Crippen LogP) is 0.989. The van der Waals surface area contributed by atoms with Gasteiger partial charge in [0.2, 0.25) is 0 Å². The van der Waals surface area contributed by atoms with E-state index >= 15 is 0 Å². The van der Waals surface area contributed by atoms with Crippen LogP contribution in [0.15, 0.2) is 0 Å². The van der Waals surface area contributed by atoms with E-state index in [0.29, 0.717) is 0 Å². The van der Waals surface area contributed by atoms with E-state index < -0.39 is 71.7 Å². The van der Waals surface area contributed by atoms with Crippen LogP contribution < -0.4 is 0 Å². The molecule has 3 rings (SSSR count). The van der Waals surface area contributed by atoms with Crippen molar-refractivity contribution in [2.75, 3.05) is 0 Å². The van der Waals surface area contributed by atoms with Crippen molar-refractivity contribution in [1.82, 2.24) is 0 Å². The number of halogens is 6. The van der Waals surface area contributed by atoms with Gasteiger partial charge in [-0.15, -0.1) is 0 Å². The summed E-state index contributed by atoms with van der Waals surface area (Å²) in [6.07, 6.45) is -10.6. The van der Waals surface area contributed by atoms with Crippen LogP contribution in [0.5, 0.6) is 0 Å². The Morgan fingerprint density at radius 3 is 0.917 bits per heavy atom. The Morgan fingerprint density at radius 2 is 0.750 bits per heavy atom. The normalized spacial score (nSPS) is 39.4. The van der Waals surface area contributed by atoms with E-state index in [2.05, 4.69) is 9.47 Å². The number of alkyl halides is 6. The first-order chi connectivity index (χ1) is 10.9. The number of hydrogen-bond acceptors (Lipinski definition) is 6. The minimum Gasteiger partial charge on any atom is -0.393 e. The standard InChI is InChI=1S/C12H6F6O6/c13-11(14,15)5-1-2(8(20)23-7(1)19)6(12(16,17)18)4-3(5)9(21)24-10(4)22/h1-6H. The van der Waals surface area contributed by atoms with Gasteiger partial charge in [-0.25, -0.2) is 0 Å². The van der Waals surface area contributed by atoms with E-state index in [1.165, 1.54) is 0 Å². The second-order valence-electron chi connectivity index (χ2n) is 5.72. The molecule has 0 N–H and O–H groups in total. The van der Waals surface area contributed by atoms with Crippen LogP contribution in [-0.2, 0) is 28.7 Å². The Labute approximate surface area is 128 Å². The predicted molar refractivity (Wildman–Crippen MR) is 55.2 cm³/mol. The monoisotopic (exact) mass is 360 g/mol. The lowest BCUT2D eigenvalue weighted by Gasteiger charge is -2.41. The van der Waals surface area contributed by atoms with Crippen molar-refractivity contribution in [3.8, 4) is 0 Å². The molecule has 0 spiro atoms. The number of ether oxygens (including phenoxy) is 2. The largest absolute Gasteiger partial charge is 0.393 e. The lowest BCUT2D eigenvalue weighted by atomic mass is 9.57. The number of hydrogen-bond donors (Lipinski definition) is 0. The minimum absolute atomic E-state index is 1.80. The third-order valence-electron chi connectivity index (χ3n) is 4.57. The van der Waals surface area contributed by atoms with Gasteiger partial charge in [-0.1, -0.05) is 0 Å². The average molecular weight is 360 g/mol. The molecule has 0 amide bonds. The van der Waals surface area contributed by atoms with Gasteiger partial charge in [-0.2, -0.15) is 26.3 Å². The molecular formula is C12H6F6O6. The maximum Gasteiger partial charge on any atom is 0.393 e. The summed E-state index contributed by atoms with van der Waals surface area (Å²) in [7, 11) is 0. The van der Waals surface area contributed by atoms with Crippen LogP contribution >= 0.6 is 0 Å². The van der Waals surface area contributed by atoms with Crippen molar-refractivity contribution < 1.29 is 55.0 Å². The van der Waals surface area contributed by atoms with Crippen molar-refractivity contribution in [3.05, 3.63) is 0 Å². The van der Waals surface area contributed by atoms with Crippen LogP contribution in [0.25, 0.3) is 0 Å². The third kappa shape index (κ3) is 2.11. The minimum atomic E-state index is -5.32. The molecule has 0 aromatic rings. The fourth-order valence-corrected chi connectivity index (χ4v) is 3.80. The zero-order valence-electron chi connectivity index (χ0n) is 11.2. The smallest absolute Gasteiger partial charge is 0.393 e. The van der Waals surface area contributed by atoms with Gasteiger partial charge in [-0.05, 0) is 0 Å². The summed E-state index contributed by atoms with van der Waals surface area (Å²) in [5.41, 5.74) is 0. The SMILES string of the molecule is O=C1OC(=O)C2C1C(C(F)(F)F)C1C(=O)OC(=O)C1C2C(F)(F)F. The fraction of sp³-hybridized carbons (Fsp3) is 0.667. The van der Waals surface area contributed by atoms with Crippen molar-refractivity contribution >= 4 is 23.9 Å². The first-order valence-corrected chi connectivity index (χ1v) is 6.50. The number of fused-ring (bicyclic) bond motifs is 2. The molecule has 0 bridgehead atoms. The van der Waals surface area contributed by atoms with E-state index in [4.69, 9.17) is 0 Å². The summed E-state index contributed by atoms with van der Waals surface area (Å²) in [6.45, 7) is 0. The lowest BCUT2D eigenvalue weighted by molar-refractivity contribution is -0.258. The molecule has 1 aliphatic carbocycles. The fourth-order valence-electron chi connectivity index (χ4n) is 3.80. The van der Waals surface area contributed by atoms with Crippen molar-refractivity contribution in [2.45, 2.75) is 12.4 Å². The molecule has 2 heterocycles. The van der Waals surface area contributed by atoms with Crippen molar-refractivity contribution in [3.63, 3.8) is 0 Å². The quantitative estimate of drug-likeness (QED) is 0.364. The highest BCUT2D eigenvalue weighted by Crippen LogP contribution is 2.60. The van der Waals surface area contributed by atoms with Gasteiger partial charge in [-0.3, -0.25) is 19.2 Å². The van der Waals surface area contributed by atoms with Gasteiger partial charge in [0.15, 0.2) is 0 Å². The molecule has 132 valence electrons. The highest BCUT2D eigenvalue weighted by molar-refractivity contribution is 6.02. The zero-order chi connectivity index (χ0) is 18.2. The van der Waals surface area contributed by atoms with E-state index in [0.717, 1.165) is 0 Å². The highest BCUT2D eigenvalue weighted by Gasteiger charge is 2.76. The molecular weight excluding hydrogens is 354 g/mol. The van der Waals surface area contributed by atoms with Gasteiger partial charge < -0.3 is 9.47 Å². The molecule has 4 atom stereocenters. The molecule has 1 saturated carbocycles. The summed E-state index contributed by atoms with van der Waals surface area (Å²) in [4.78, 5) is 46.3. The summed E-state index contributed by atoms with van der Waals surface area (Å²) in [6, 6.07) is 0. The maximum atomic E-state index is 13.3. The van der Waals surface area contributed by atoms with Crippen molar-refractivity contribution in [1.29, 1.82) is 0 Å². The second kappa shape index (κ2) is 4.70. The topological polar surface area (TPSA) is 86.7 Å². The Kier molecular flexibility index (Phi) is 3.27. The Balaban J connectivity index is 2.23. The first kappa shape index (κ1) is 16.7. The zero-order valence-corrected chi connectivity index (χ0v) is 11.2. The van der Waals surface area contributed by atoms with Gasteiger partial charge >= 0.3 is 36.2 Å². The Morgan fingerprint density at radius 1 is 0.542 bits per heavy atom. The van der Waals surface area contributed by atoms with Crippen molar-refractivity contribution in [2.24, 2.45) is 35.5 Å². The molecule has 0 aromatic heterocycles. The molecule has 0 radical (unpaired) electrons. The summed E-state index contributed by atoms with van der Waals surface area (Å²) >= 11 is 0. The summed E-state index contributed by atoms with van der Waals surface area (Å²) in [5.74, 6) is -23.3. The third-order valence-corrected chi connectivity index (χ3v) is 4.57. The Hall–Kier alpha value is -2.14. The molecule has 2 aliphatic heterocycles. The summed E-state index contributed by atoms with van der Waals surface area (Å²) in [5, 5.41) is 0. The first-order valence-electron chi connectivity index (χ1n) is 6.50. The molecule has 24 heavy (non-hydrogen) atoms. The van der Waals surface area contributed by atoms with Crippen LogP contribution in [-0.4, -0.2) is 36.2 Å². The second-order valence-corrected chi connectivity index (χ2v) is 5.72. The van der Waals surface area contributed by atoms with Gasteiger partial charge in [0.05, 0.1) is 35.5 Å². The summed E-state index contributed by atoms with van der Waals surface area (Å²) < 4.78 is 87.8. The van der Waals surface area contributed by atoms with Crippen LogP contribution in [0, 0.1) is 35.5 Å². The number of rotatable bonds is 0. The highest BCUT2D eigenvalue weighted by atomic mass is 19.4. The molecule has 3 fully saturated rings.